The van der Waals surface area contributed by atoms with Gasteiger partial charge in [0.2, 0.25) is 0 Å². The minimum absolute atomic E-state index is 0.776. The molecule has 0 amide bonds. The summed E-state index contributed by atoms with van der Waals surface area (Å²) in [5, 5.41) is 0. The molecule has 0 unspecified atom stereocenters. The summed E-state index contributed by atoms with van der Waals surface area (Å²) in [6, 6.07) is 7.82. The molecule has 0 spiro atoms. The van der Waals surface area contributed by atoms with Crippen molar-refractivity contribution in [2.75, 3.05) is 12.5 Å². The molecule has 0 aliphatic rings. The van der Waals surface area contributed by atoms with Crippen molar-refractivity contribution in [3.05, 3.63) is 54.1 Å². The molecule has 3 N–H and O–H groups in total. The van der Waals surface area contributed by atoms with Crippen LogP contribution in [0, 0.1) is 0 Å². The summed E-state index contributed by atoms with van der Waals surface area (Å²) < 4.78 is 0. The van der Waals surface area contributed by atoms with Gasteiger partial charge in [-0.1, -0.05) is 0 Å². The number of rotatable bonds is 5. The number of nitrogens with two attached hydrogens (primary N) is 1. The lowest BCUT2D eigenvalue weighted by Gasteiger charge is -2.16. The molecule has 0 saturated carbocycles. The number of nitrogen functional groups attached to an aromatic ring is 1. The highest BCUT2D eigenvalue weighted by Crippen LogP contribution is 2.09. The lowest BCUT2D eigenvalue weighted by atomic mass is 10.2. The average molecular weight is 243 g/mol. The second-order valence-corrected chi connectivity index (χ2v) is 4.21. The van der Waals surface area contributed by atoms with Gasteiger partial charge in [0.05, 0.1) is 11.4 Å². The molecule has 94 valence electrons. The summed E-state index contributed by atoms with van der Waals surface area (Å²) in [6.07, 6.45) is 5.37. The number of aromatic nitrogens is 2. The van der Waals surface area contributed by atoms with Gasteiger partial charge in [-0.15, -0.1) is 0 Å². The van der Waals surface area contributed by atoms with Crippen LogP contribution in [-0.2, 0) is 13.1 Å². The Bertz CT molecular complexity index is 486. The zero-order valence-corrected chi connectivity index (χ0v) is 10.4. The standard InChI is InChI=1S/C13H17N5/c1-18(9-11-2-5-15-6-3-11)10-13-8-12(17-14)4-7-16-13/h2-8H,9-10,14H2,1H3,(H,16,17). The Hall–Kier alpha value is -1.98. The molecular formula is C13H17N5. The number of hydrazine groups is 1. The first kappa shape index (κ1) is 12.5. The molecule has 0 atom stereocenters. The van der Waals surface area contributed by atoms with E-state index >= 15 is 0 Å². The van der Waals surface area contributed by atoms with Gasteiger partial charge in [-0.25, -0.2) is 0 Å². The molecule has 0 fully saturated rings. The minimum atomic E-state index is 0.776. The van der Waals surface area contributed by atoms with E-state index in [-0.39, 0.29) is 0 Å². The van der Waals surface area contributed by atoms with E-state index in [2.05, 4.69) is 27.3 Å². The summed E-state index contributed by atoms with van der Waals surface area (Å²) in [7, 11) is 2.06. The van der Waals surface area contributed by atoms with Crippen molar-refractivity contribution in [1.29, 1.82) is 0 Å². The van der Waals surface area contributed by atoms with Gasteiger partial charge in [0, 0.05) is 31.7 Å². The highest BCUT2D eigenvalue weighted by molar-refractivity contribution is 5.41. The summed E-state index contributed by atoms with van der Waals surface area (Å²) >= 11 is 0. The summed E-state index contributed by atoms with van der Waals surface area (Å²) in [6.45, 7) is 1.64. The second kappa shape index (κ2) is 6.09. The van der Waals surface area contributed by atoms with Gasteiger partial charge in [-0.3, -0.25) is 20.7 Å². The molecule has 5 heteroatoms. The SMILES string of the molecule is CN(Cc1ccncc1)Cc1cc(NN)ccn1. The van der Waals surface area contributed by atoms with E-state index in [1.807, 2.05) is 24.3 Å². The van der Waals surface area contributed by atoms with Crippen molar-refractivity contribution in [2.24, 2.45) is 5.84 Å². The lowest BCUT2D eigenvalue weighted by molar-refractivity contribution is 0.315. The van der Waals surface area contributed by atoms with Crippen LogP contribution in [0.4, 0.5) is 5.69 Å². The van der Waals surface area contributed by atoms with Gasteiger partial charge in [0.1, 0.15) is 0 Å². The van der Waals surface area contributed by atoms with Crippen LogP contribution in [0.15, 0.2) is 42.9 Å². The molecule has 0 aromatic carbocycles. The van der Waals surface area contributed by atoms with Crippen molar-refractivity contribution >= 4 is 5.69 Å². The van der Waals surface area contributed by atoms with Crippen molar-refractivity contribution in [1.82, 2.24) is 14.9 Å². The van der Waals surface area contributed by atoms with Crippen LogP contribution in [0.25, 0.3) is 0 Å². The fraction of sp³-hybridized carbons (Fsp3) is 0.231. The molecule has 0 radical (unpaired) electrons. The Balaban J connectivity index is 1.96. The molecular weight excluding hydrogens is 226 g/mol. The second-order valence-electron chi connectivity index (χ2n) is 4.21. The summed E-state index contributed by atoms with van der Waals surface area (Å²) in [5.74, 6) is 5.37. The van der Waals surface area contributed by atoms with E-state index in [4.69, 9.17) is 5.84 Å². The molecule has 18 heavy (non-hydrogen) atoms. The van der Waals surface area contributed by atoms with Gasteiger partial charge >= 0.3 is 0 Å². The van der Waals surface area contributed by atoms with Crippen LogP contribution in [0.1, 0.15) is 11.3 Å². The van der Waals surface area contributed by atoms with Crippen LogP contribution < -0.4 is 11.3 Å². The van der Waals surface area contributed by atoms with Crippen molar-refractivity contribution < 1.29 is 0 Å². The number of hydrogen-bond acceptors (Lipinski definition) is 5. The van der Waals surface area contributed by atoms with E-state index in [1.54, 1.807) is 18.6 Å². The minimum Gasteiger partial charge on any atom is -0.324 e. The summed E-state index contributed by atoms with van der Waals surface area (Å²) in [4.78, 5) is 10.5. The molecule has 0 aliphatic heterocycles. The van der Waals surface area contributed by atoms with Gasteiger partial charge in [-0.2, -0.15) is 0 Å². The molecule has 2 rings (SSSR count). The third kappa shape index (κ3) is 3.51. The van der Waals surface area contributed by atoms with Crippen LogP contribution in [0.2, 0.25) is 0 Å². The van der Waals surface area contributed by atoms with Gasteiger partial charge in [0.15, 0.2) is 0 Å². The first-order chi connectivity index (χ1) is 8.78. The number of pyridine rings is 2. The molecule has 2 aromatic heterocycles. The average Bonchev–Trinajstić information content (AvgIpc) is 2.40. The predicted octanol–water partition coefficient (Wildman–Crippen LogP) is 1.39. The maximum atomic E-state index is 5.37. The van der Waals surface area contributed by atoms with Gasteiger partial charge in [-0.05, 0) is 36.9 Å². The highest BCUT2D eigenvalue weighted by atomic mass is 15.2. The van der Waals surface area contributed by atoms with E-state index in [0.717, 1.165) is 24.5 Å². The summed E-state index contributed by atoms with van der Waals surface area (Å²) in [5.41, 5.74) is 5.72. The van der Waals surface area contributed by atoms with Crippen LogP contribution in [0.3, 0.4) is 0 Å². The number of anilines is 1. The number of hydrogen-bond donors (Lipinski definition) is 2. The monoisotopic (exact) mass is 243 g/mol. The van der Waals surface area contributed by atoms with Crippen molar-refractivity contribution in [2.45, 2.75) is 13.1 Å². The Morgan fingerprint density at radius 3 is 2.67 bits per heavy atom. The topological polar surface area (TPSA) is 67.1 Å². The van der Waals surface area contributed by atoms with E-state index in [9.17, 15) is 0 Å². The van der Waals surface area contributed by atoms with E-state index in [0.29, 0.717) is 0 Å². The third-order valence-corrected chi connectivity index (χ3v) is 2.62. The zero-order valence-electron chi connectivity index (χ0n) is 10.4. The molecule has 0 bridgehead atoms. The van der Waals surface area contributed by atoms with E-state index in [1.165, 1.54) is 5.56 Å². The van der Waals surface area contributed by atoms with Gasteiger partial charge < -0.3 is 5.43 Å². The van der Waals surface area contributed by atoms with Crippen LogP contribution in [0.5, 0.6) is 0 Å². The third-order valence-electron chi connectivity index (χ3n) is 2.62. The van der Waals surface area contributed by atoms with Crippen molar-refractivity contribution in [3.63, 3.8) is 0 Å². The Morgan fingerprint density at radius 2 is 1.94 bits per heavy atom. The fourth-order valence-corrected chi connectivity index (χ4v) is 1.79. The zero-order chi connectivity index (χ0) is 12.8. The highest BCUT2D eigenvalue weighted by Gasteiger charge is 2.03. The maximum Gasteiger partial charge on any atom is 0.0564 e. The predicted molar refractivity (Wildman–Crippen MR) is 71.5 cm³/mol. The first-order valence-electron chi connectivity index (χ1n) is 5.77. The van der Waals surface area contributed by atoms with Crippen LogP contribution in [-0.4, -0.2) is 21.9 Å². The Morgan fingerprint density at radius 1 is 1.17 bits per heavy atom. The van der Waals surface area contributed by atoms with Crippen LogP contribution >= 0.6 is 0 Å². The largest absolute Gasteiger partial charge is 0.324 e. The molecule has 0 aliphatic carbocycles. The normalized spacial score (nSPS) is 10.6. The fourth-order valence-electron chi connectivity index (χ4n) is 1.79. The molecule has 0 saturated heterocycles. The maximum absolute atomic E-state index is 5.37. The molecule has 2 heterocycles. The Kier molecular flexibility index (Phi) is 4.22. The lowest BCUT2D eigenvalue weighted by Crippen LogP contribution is -2.18. The quantitative estimate of drug-likeness (QED) is 0.613. The van der Waals surface area contributed by atoms with Crippen molar-refractivity contribution in [3.8, 4) is 0 Å². The number of nitrogens with zero attached hydrogens (tertiary/aromatic N) is 3. The van der Waals surface area contributed by atoms with E-state index < -0.39 is 0 Å². The molecule has 5 nitrogen and oxygen atoms in total. The Labute approximate surface area is 107 Å². The number of nitrogens with one attached hydrogen (secondary N) is 1. The molecule has 2 aromatic rings. The smallest absolute Gasteiger partial charge is 0.0564 e. The first-order valence-corrected chi connectivity index (χ1v) is 5.77. The van der Waals surface area contributed by atoms with Gasteiger partial charge in [0.25, 0.3) is 0 Å².